The van der Waals surface area contributed by atoms with Gasteiger partial charge in [-0.3, -0.25) is 4.79 Å². The number of anilines is 1. The van der Waals surface area contributed by atoms with Crippen molar-refractivity contribution in [2.75, 3.05) is 5.32 Å². The fourth-order valence-corrected chi connectivity index (χ4v) is 5.10. The first-order chi connectivity index (χ1) is 14.5. The molecular weight excluding hydrogens is 400 g/mol. The second-order valence-corrected chi connectivity index (χ2v) is 9.47. The fraction of sp³-hybridized carbons (Fsp3) is 0.273. The maximum Gasteiger partial charge on any atom is 0.256 e. The lowest BCUT2D eigenvalue weighted by Gasteiger charge is -2.12. The molecule has 154 valence electrons. The van der Waals surface area contributed by atoms with Gasteiger partial charge in [0.15, 0.2) is 0 Å². The van der Waals surface area contributed by atoms with Crippen molar-refractivity contribution in [2.24, 2.45) is 0 Å². The number of carbonyl (C=O) groups excluding carboxylic acids is 1. The Kier molecular flexibility index (Phi) is 4.67. The number of aryl methyl sites for hydroxylation is 1. The van der Waals surface area contributed by atoms with Gasteiger partial charge in [-0.1, -0.05) is 24.3 Å². The number of rotatable bonds is 6. The normalized spacial score (nSPS) is 15.7. The molecule has 5 rings (SSSR count). The van der Waals surface area contributed by atoms with E-state index in [1.807, 2.05) is 30.3 Å². The van der Waals surface area contributed by atoms with Gasteiger partial charge in [-0.15, -0.1) is 0 Å². The van der Waals surface area contributed by atoms with Crippen LogP contribution in [-0.4, -0.2) is 30.1 Å². The van der Waals surface area contributed by atoms with Gasteiger partial charge in [0.2, 0.25) is 10.0 Å². The van der Waals surface area contributed by atoms with Gasteiger partial charge in [0.1, 0.15) is 5.82 Å². The summed E-state index contributed by atoms with van der Waals surface area (Å²) in [5.74, 6) is 0.299. The molecular formula is C22H22N4O3S. The summed E-state index contributed by atoms with van der Waals surface area (Å²) in [6.07, 6.45) is 4.47. The molecule has 2 aliphatic carbocycles. The molecule has 2 aliphatic rings. The molecule has 30 heavy (non-hydrogen) atoms. The maximum absolute atomic E-state index is 13.0. The molecule has 1 fully saturated rings. The molecule has 2 aromatic carbocycles. The van der Waals surface area contributed by atoms with E-state index in [4.69, 9.17) is 5.10 Å². The summed E-state index contributed by atoms with van der Waals surface area (Å²) in [6.45, 7) is 0. The minimum absolute atomic E-state index is 0.00953. The van der Waals surface area contributed by atoms with Crippen LogP contribution in [0, 0.1) is 0 Å². The zero-order chi connectivity index (χ0) is 20.7. The number of hydrogen-bond acceptors (Lipinski definition) is 4. The molecule has 1 saturated carbocycles. The Hall–Kier alpha value is -2.97. The molecule has 0 atom stereocenters. The standard InChI is InChI=1S/C22H22N4O3S/c27-22(15-6-4-9-18(14-15)30(28,29)25-16-12-13-16)23-21-19-10-5-11-20(19)24-26(21)17-7-2-1-3-8-17/h1-4,6-9,14,16,25H,5,10-13H2,(H,23,27). The van der Waals surface area contributed by atoms with Crippen molar-refractivity contribution in [3.63, 3.8) is 0 Å². The third-order valence-electron chi connectivity index (χ3n) is 5.45. The molecule has 0 bridgehead atoms. The van der Waals surface area contributed by atoms with Gasteiger partial charge < -0.3 is 5.32 Å². The van der Waals surface area contributed by atoms with Crippen LogP contribution in [0.25, 0.3) is 5.69 Å². The first-order valence-corrected chi connectivity index (χ1v) is 11.6. The highest BCUT2D eigenvalue weighted by Gasteiger charge is 2.29. The molecule has 0 saturated heterocycles. The van der Waals surface area contributed by atoms with Crippen molar-refractivity contribution in [1.29, 1.82) is 0 Å². The van der Waals surface area contributed by atoms with Gasteiger partial charge >= 0.3 is 0 Å². The first kappa shape index (κ1) is 19.0. The highest BCUT2D eigenvalue weighted by molar-refractivity contribution is 7.89. The summed E-state index contributed by atoms with van der Waals surface area (Å²) < 4.78 is 29.4. The molecule has 2 N–H and O–H groups in total. The second kappa shape index (κ2) is 7.37. The maximum atomic E-state index is 13.0. The van der Waals surface area contributed by atoms with Crippen molar-refractivity contribution in [2.45, 2.75) is 43.0 Å². The molecule has 8 heteroatoms. The number of para-hydroxylation sites is 1. The van der Waals surface area contributed by atoms with Crippen LogP contribution in [0.1, 0.15) is 40.9 Å². The SMILES string of the molecule is O=C(Nc1c2c(nn1-c1ccccc1)CCC2)c1cccc(S(=O)(=O)NC2CC2)c1. The average Bonchev–Trinajstić information content (AvgIpc) is 3.32. The van der Waals surface area contributed by atoms with Crippen LogP contribution >= 0.6 is 0 Å². The van der Waals surface area contributed by atoms with Crippen LogP contribution in [0.4, 0.5) is 5.82 Å². The lowest BCUT2D eigenvalue weighted by molar-refractivity contribution is 0.102. The summed E-state index contributed by atoms with van der Waals surface area (Å²) in [5.41, 5.74) is 3.21. The summed E-state index contributed by atoms with van der Waals surface area (Å²) in [7, 11) is -3.62. The fourth-order valence-electron chi connectivity index (χ4n) is 3.75. The van der Waals surface area contributed by atoms with Gasteiger partial charge in [-0.2, -0.15) is 5.10 Å². The summed E-state index contributed by atoms with van der Waals surface area (Å²) in [4.78, 5) is 13.1. The number of benzene rings is 2. The smallest absolute Gasteiger partial charge is 0.256 e. The number of sulfonamides is 1. The van der Waals surface area contributed by atoms with E-state index in [0.29, 0.717) is 11.4 Å². The molecule has 0 aliphatic heterocycles. The van der Waals surface area contributed by atoms with Crippen molar-refractivity contribution in [3.8, 4) is 5.69 Å². The van der Waals surface area contributed by atoms with Gasteiger partial charge in [0.05, 0.1) is 16.3 Å². The molecule has 0 spiro atoms. The first-order valence-electron chi connectivity index (χ1n) is 10.1. The Balaban J connectivity index is 1.46. The topological polar surface area (TPSA) is 93.1 Å². The lowest BCUT2D eigenvalue weighted by atomic mass is 10.2. The van der Waals surface area contributed by atoms with Crippen LogP contribution in [0.3, 0.4) is 0 Å². The number of aromatic nitrogens is 2. The van der Waals surface area contributed by atoms with E-state index in [1.165, 1.54) is 12.1 Å². The second-order valence-electron chi connectivity index (χ2n) is 7.75. The Bertz CT molecular complexity index is 1210. The minimum atomic E-state index is -3.62. The highest BCUT2D eigenvalue weighted by Crippen LogP contribution is 2.31. The summed E-state index contributed by atoms with van der Waals surface area (Å²) in [5, 5.41) is 7.68. The van der Waals surface area contributed by atoms with Gasteiger partial charge in [0.25, 0.3) is 5.91 Å². The number of hydrogen-bond donors (Lipinski definition) is 2. The van der Waals surface area contributed by atoms with Gasteiger partial charge in [-0.05, 0) is 62.4 Å². The largest absolute Gasteiger partial charge is 0.306 e. The third kappa shape index (κ3) is 3.64. The summed E-state index contributed by atoms with van der Waals surface area (Å²) in [6, 6.07) is 15.8. The van der Waals surface area contributed by atoms with E-state index < -0.39 is 10.0 Å². The van der Waals surface area contributed by atoms with Crippen LogP contribution in [0.5, 0.6) is 0 Å². The third-order valence-corrected chi connectivity index (χ3v) is 6.96. The van der Waals surface area contributed by atoms with Gasteiger partial charge in [0, 0.05) is 17.2 Å². The van der Waals surface area contributed by atoms with E-state index in [0.717, 1.165) is 49.0 Å². The van der Waals surface area contributed by atoms with Crippen LogP contribution in [0.15, 0.2) is 59.5 Å². The van der Waals surface area contributed by atoms with E-state index >= 15 is 0 Å². The predicted octanol–water partition coefficient (Wildman–Crippen LogP) is 3.05. The van der Waals surface area contributed by atoms with Crippen LogP contribution in [0.2, 0.25) is 0 Å². The minimum Gasteiger partial charge on any atom is -0.306 e. The average molecular weight is 423 g/mol. The summed E-state index contributed by atoms with van der Waals surface area (Å²) >= 11 is 0. The monoisotopic (exact) mass is 422 g/mol. The van der Waals surface area contributed by atoms with E-state index in [1.54, 1.807) is 16.8 Å². The molecule has 0 radical (unpaired) electrons. The molecule has 3 aromatic rings. The van der Waals surface area contributed by atoms with E-state index in [9.17, 15) is 13.2 Å². The Morgan fingerprint density at radius 1 is 1.03 bits per heavy atom. The van der Waals surface area contributed by atoms with Gasteiger partial charge in [-0.25, -0.2) is 17.8 Å². The quantitative estimate of drug-likeness (QED) is 0.639. The van der Waals surface area contributed by atoms with E-state index in [-0.39, 0.29) is 16.8 Å². The van der Waals surface area contributed by atoms with Crippen LogP contribution < -0.4 is 10.0 Å². The molecule has 1 amide bonds. The highest BCUT2D eigenvalue weighted by atomic mass is 32.2. The number of amides is 1. The number of nitrogens with one attached hydrogen (secondary N) is 2. The molecule has 0 unspecified atom stereocenters. The number of carbonyl (C=O) groups is 1. The van der Waals surface area contributed by atoms with Crippen molar-refractivity contribution in [3.05, 3.63) is 71.4 Å². The molecule has 7 nitrogen and oxygen atoms in total. The zero-order valence-electron chi connectivity index (χ0n) is 16.3. The Labute approximate surface area is 175 Å². The van der Waals surface area contributed by atoms with Crippen molar-refractivity contribution >= 4 is 21.7 Å². The van der Waals surface area contributed by atoms with Crippen molar-refractivity contribution < 1.29 is 13.2 Å². The van der Waals surface area contributed by atoms with E-state index in [2.05, 4.69) is 10.0 Å². The lowest BCUT2D eigenvalue weighted by Crippen LogP contribution is -2.26. The Morgan fingerprint density at radius 3 is 2.60 bits per heavy atom. The predicted molar refractivity (Wildman–Crippen MR) is 113 cm³/mol. The zero-order valence-corrected chi connectivity index (χ0v) is 17.2. The Morgan fingerprint density at radius 2 is 1.83 bits per heavy atom. The molecule has 1 aromatic heterocycles. The van der Waals surface area contributed by atoms with Crippen LogP contribution in [-0.2, 0) is 22.9 Å². The van der Waals surface area contributed by atoms with Crippen molar-refractivity contribution in [1.82, 2.24) is 14.5 Å². The number of nitrogens with zero attached hydrogens (tertiary/aromatic N) is 2. The molecule has 1 heterocycles. The number of fused-ring (bicyclic) bond motifs is 1.